The molecule has 2 aromatic rings. The number of fused-ring (bicyclic) bond motifs is 1. The third-order valence-corrected chi connectivity index (χ3v) is 4.25. The van der Waals surface area contributed by atoms with Crippen LogP contribution in [0.3, 0.4) is 0 Å². The first kappa shape index (κ1) is 16.8. The van der Waals surface area contributed by atoms with Crippen LogP contribution in [0.4, 0.5) is 0 Å². The van der Waals surface area contributed by atoms with E-state index in [0.717, 1.165) is 31.6 Å². The number of piperazine rings is 1. The van der Waals surface area contributed by atoms with Gasteiger partial charge in [0.1, 0.15) is 0 Å². The predicted molar refractivity (Wildman–Crippen MR) is 92.6 cm³/mol. The second kappa shape index (κ2) is 7.16. The number of nitrogens with zero attached hydrogens (tertiary/aromatic N) is 1. The van der Waals surface area contributed by atoms with Crippen molar-refractivity contribution >= 4 is 29.2 Å². The third kappa shape index (κ3) is 3.62. The van der Waals surface area contributed by atoms with Crippen molar-refractivity contribution in [2.75, 3.05) is 19.6 Å². The summed E-state index contributed by atoms with van der Waals surface area (Å²) in [4.78, 5) is 17.6. The SMILES string of the molecule is Cc1ccc2[nH]cc(CCC(=O)N3CCN[C@H](C)C3)c2c1.Cl. The fraction of sp³-hybridized carbons (Fsp3) is 0.471. The van der Waals surface area contributed by atoms with Crippen LogP contribution in [0.15, 0.2) is 24.4 Å². The molecule has 0 spiro atoms. The van der Waals surface area contributed by atoms with Crippen molar-refractivity contribution in [2.24, 2.45) is 0 Å². The van der Waals surface area contributed by atoms with E-state index in [2.05, 4.69) is 42.3 Å². The number of carbonyl (C=O) groups excluding carboxylic acids is 1. The lowest BCUT2D eigenvalue weighted by Gasteiger charge is -2.32. The smallest absolute Gasteiger partial charge is 0.222 e. The molecule has 1 aromatic heterocycles. The van der Waals surface area contributed by atoms with E-state index in [1.807, 2.05) is 11.1 Å². The maximum atomic E-state index is 12.3. The number of aromatic nitrogens is 1. The molecule has 1 fully saturated rings. The molecule has 0 aliphatic carbocycles. The Morgan fingerprint density at radius 1 is 1.41 bits per heavy atom. The van der Waals surface area contributed by atoms with Gasteiger partial charge in [0.05, 0.1) is 0 Å². The van der Waals surface area contributed by atoms with Crippen molar-refractivity contribution in [3.63, 3.8) is 0 Å². The number of hydrogen-bond donors (Lipinski definition) is 2. The molecule has 0 unspecified atom stereocenters. The summed E-state index contributed by atoms with van der Waals surface area (Å²) in [5.74, 6) is 0.269. The minimum Gasteiger partial charge on any atom is -0.361 e. The van der Waals surface area contributed by atoms with Crippen molar-refractivity contribution < 1.29 is 4.79 Å². The van der Waals surface area contributed by atoms with E-state index < -0.39 is 0 Å². The maximum Gasteiger partial charge on any atom is 0.222 e. The van der Waals surface area contributed by atoms with Gasteiger partial charge in [-0.1, -0.05) is 11.6 Å². The highest BCUT2D eigenvalue weighted by atomic mass is 35.5. The molecule has 0 bridgehead atoms. The Balaban J connectivity index is 0.00000176. The Labute approximate surface area is 137 Å². The van der Waals surface area contributed by atoms with Crippen LogP contribution in [-0.4, -0.2) is 41.5 Å². The summed E-state index contributed by atoms with van der Waals surface area (Å²) >= 11 is 0. The molecule has 3 rings (SSSR count). The van der Waals surface area contributed by atoms with Gasteiger partial charge in [0, 0.05) is 49.2 Å². The number of carbonyl (C=O) groups is 1. The lowest BCUT2D eigenvalue weighted by atomic mass is 10.1. The Morgan fingerprint density at radius 3 is 3.00 bits per heavy atom. The molecule has 1 aromatic carbocycles. The van der Waals surface area contributed by atoms with Gasteiger partial charge in [0.2, 0.25) is 5.91 Å². The first-order valence-corrected chi connectivity index (χ1v) is 7.71. The lowest BCUT2D eigenvalue weighted by Crippen LogP contribution is -2.51. The van der Waals surface area contributed by atoms with E-state index in [0.29, 0.717) is 12.5 Å². The minimum atomic E-state index is 0. The zero-order valence-corrected chi connectivity index (χ0v) is 14.0. The second-order valence-corrected chi connectivity index (χ2v) is 6.06. The van der Waals surface area contributed by atoms with Crippen LogP contribution in [0.25, 0.3) is 10.9 Å². The van der Waals surface area contributed by atoms with E-state index in [1.165, 1.54) is 16.5 Å². The molecule has 1 saturated heterocycles. The summed E-state index contributed by atoms with van der Waals surface area (Å²) in [5, 5.41) is 4.61. The van der Waals surface area contributed by atoms with Gasteiger partial charge in [-0.25, -0.2) is 0 Å². The van der Waals surface area contributed by atoms with Crippen LogP contribution in [0.5, 0.6) is 0 Å². The van der Waals surface area contributed by atoms with Crippen molar-refractivity contribution in [3.8, 4) is 0 Å². The van der Waals surface area contributed by atoms with Gasteiger partial charge in [0.15, 0.2) is 0 Å². The molecule has 22 heavy (non-hydrogen) atoms. The van der Waals surface area contributed by atoms with E-state index in [4.69, 9.17) is 0 Å². The van der Waals surface area contributed by atoms with Gasteiger partial charge in [-0.15, -0.1) is 12.4 Å². The number of aryl methyl sites for hydroxylation is 2. The van der Waals surface area contributed by atoms with Gasteiger partial charge >= 0.3 is 0 Å². The zero-order chi connectivity index (χ0) is 14.8. The van der Waals surface area contributed by atoms with E-state index >= 15 is 0 Å². The Hall–Kier alpha value is -1.52. The molecule has 0 radical (unpaired) electrons. The summed E-state index contributed by atoms with van der Waals surface area (Å²) < 4.78 is 0. The average Bonchev–Trinajstić information content (AvgIpc) is 2.87. The summed E-state index contributed by atoms with van der Waals surface area (Å²) in [5.41, 5.74) is 3.65. The predicted octanol–water partition coefficient (Wildman–Crippen LogP) is 2.65. The number of halogens is 1. The lowest BCUT2D eigenvalue weighted by molar-refractivity contribution is -0.132. The van der Waals surface area contributed by atoms with E-state index in [9.17, 15) is 4.79 Å². The number of nitrogens with one attached hydrogen (secondary N) is 2. The fourth-order valence-electron chi connectivity index (χ4n) is 3.06. The number of hydrogen-bond acceptors (Lipinski definition) is 2. The van der Waals surface area contributed by atoms with Gasteiger partial charge in [-0.3, -0.25) is 4.79 Å². The largest absolute Gasteiger partial charge is 0.361 e. The van der Waals surface area contributed by atoms with Crippen molar-refractivity contribution in [2.45, 2.75) is 32.7 Å². The molecule has 1 atom stereocenters. The van der Waals surface area contributed by atoms with Crippen LogP contribution in [0.2, 0.25) is 0 Å². The molecular formula is C17H24ClN3O. The topological polar surface area (TPSA) is 48.1 Å². The number of H-pyrrole nitrogens is 1. The standard InChI is InChI=1S/C17H23N3O.ClH/c1-12-3-5-16-15(9-12)14(10-19-16)4-6-17(21)20-8-7-18-13(2)11-20;/h3,5,9-10,13,18-19H,4,6-8,11H2,1-2H3;1H/t13-;/m1./s1. The van der Waals surface area contributed by atoms with Crippen molar-refractivity contribution in [1.82, 2.24) is 15.2 Å². The first-order valence-electron chi connectivity index (χ1n) is 7.71. The number of rotatable bonds is 3. The molecule has 5 heteroatoms. The molecule has 1 amide bonds. The van der Waals surface area contributed by atoms with Crippen molar-refractivity contribution in [1.29, 1.82) is 0 Å². The monoisotopic (exact) mass is 321 g/mol. The molecule has 120 valence electrons. The van der Waals surface area contributed by atoms with Crippen molar-refractivity contribution in [3.05, 3.63) is 35.5 Å². The van der Waals surface area contributed by atoms with Gasteiger partial charge in [-0.05, 0) is 38.0 Å². The molecule has 1 aliphatic rings. The molecule has 4 nitrogen and oxygen atoms in total. The summed E-state index contributed by atoms with van der Waals surface area (Å²) in [6.07, 6.45) is 3.44. The average molecular weight is 322 g/mol. The number of aromatic amines is 1. The zero-order valence-electron chi connectivity index (χ0n) is 13.2. The molecule has 1 aliphatic heterocycles. The minimum absolute atomic E-state index is 0. The fourth-order valence-corrected chi connectivity index (χ4v) is 3.06. The molecule has 2 heterocycles. The highest BCUT2D eigenvalue weighted by Gasteiger charge is 2.20. The van der Waals surface area contributed by atoms with E-state index in [1.54, 1.807) is 0 Å². The Morgan fingerprint density at radius 2 is 2.23 bits per heavy atom. The van der Waals surface area contributed by atoms with Gasteiger partial charge in [-0.2, -0.15) is 0 Å². The second-order valence-electron chi connectivity index (χ2n) is 6.06. The molecular weight excluding hydrogens is 298 g/mol. The van der Waals surface area contributed by atoms with Crippen LogP contribution < -0.4 is 5.32 Å². The Bertz CT molecular complexity index is 652. The normalized spacial score (nSPS) is 18.3. The van der Waals surface area contributed by atoms with Crippen LogP contribution in [0.1, 0.15) is 24.5 Å². The van der Waals surface area contributed by atoms with Crippen LogP contribution >= 0.6 is 12.4 Å². The maximum absolute atomic E-state index is 12.3. The van der Waals surface area contributed by atoms with Crippen LogP contribution in [0, 0.1) is 6.92 Å². The highest BCUT2D eigenvalue weighted by molar-refractivity contribution is 5.85. The van der Waals surface area contributed by atoms with Gasteiger partial charge < -0.3 is 15.2 Å². The quantitative estimate of drug-likeness (QED) is 0.913. The van der Waals surface area contributed by atoms with Gasteiger partial charge in [0.25, 0.3) is 0 Å². The Kier molecular flexibility index (Phi) is 5.48. The third-order valence-electron chi connectivity index (χ3n) is 4.25. The summed E-state index contributed by atoms with van der Waals surface area (Å²) in [6, 6.07) is 6.81. The van der Waals surface area contributed by atoms with E-state index in [-0.39, 0.29) is 18.3 Å². The summed E-state index contributed by atoms with van der Waals surface area (Å²) in [7, 11) is 0. The number of amides is 1. The highest BCUT2D eigenvalue weighted by Crippen LogP contribution is 2.21. The molecule has 2 N–H and O–H groups in total. The number of benzene rings is 1. The summed E-state index contributed by atoms with van der Waals surface area (Å²) in [6.45, 7) is 6.78. The van der Waals surface area contributed by atoms with Crippen LogP contribution in [-0.2, 0) is 11.2 Å². The first-order chi connectivity index (χ1) is 10.1. The molecule has 0 saturated carbocycles.